The third kappa shape index (κ3) is 3.85. The molecule has 2 rings (SSSR count). The lowest BCUT2D eigenvalue weighted by atomic mass is 10.1. The van der Waals surface area contributed by atoms with Gasteiger partial charge in [-0.3, -0.25) is 14.9 Å². The number of carbonyl (C=O) groups excluding carboxylic acids is 1. The van der Waals surface area contributed by atoms with Gasteiger partial charge in [-0.15, -0.1) is 0 Å². The summed E-state index contributed by atoms with van der Waals surface area (Å²) < 4.78 is 4.93. The maximum absolute atomic E-state index is 12.3. The van der Waals surface area contributed by atoms with Gasteiger partial charge in [0.15, 0.2) is 5.75 Å². The summed E-state index contributed by atoms with van der Waals surface area (Å²) in [5, 5.41) is 13.9. The lowest BCUT2D eigenvalue weighted by Crippen LogP contribution is -2.26. The molecule has 0 aliphatic carbocycles. The number of nitrogens with zero attached hydrogens (tertiary/aromatic N) is 1. The molecule has 23 heavy (non-hydrogen) atoms. The fraction of sp³-hybridized carbons (Fsp3) is 0.235. The molecule has 1 N–H and O–H groups in total. The zero-order valence-electron chi connectivity index (χ0n) is 13.2. The van der Waals surface area contributed by atoms with Crippen molar-refractivity contribution < 1.29 is 14.5 Å². The van der Waals surface area contributed by atoms with Gasteiger partial charge in [-0.05, 0) is 31.5 Å². The van der Waals surface area contributed by atoms with Gasteiger partial charge >= 0.3 is 5.69 Å². The Morgan fingerprint density at radius 2 is 1.87 bits per heavy atom. The van der Waals surface area contributed by atoms with Crippen LogP contribution in [0.1, 0.15) is 34.5 Å². The number of hydrogen-bond acceptors (Lipinski definition) is 4. The van der Waals surface area contributed by atoms with E-state index in [1.165, 1.54) is 25.3 Å². The highest BCUT2D eigenvalue weighted by Gasteiger charge is 2.19. The molecule has 0 saturated heterocycles. The topological polar surface area (TPSA) is 81.5 Å². The van der Waals surface area contributed by atoms with E-state index in [2.05, 4.69) is 5.32 Å². The second kappa shape index (κ2) is 6.91. The summed E-state index contributed by atoms with van der Waals surface area (Å²) in [6.07, 6.45) is 0. The van der Waals surface area contributed by atoms with Crippen LogP contribution in [0.5, 0.6) is 5.75 Å². The van der Waals surface area contributed by atoms with Crippen molar-refractivity contribution in [2.75, 3.05) is 7.11 Å². The quantitative estimate of drug-likeness (QED) is 0.677. The van der Waals surface area contributed by atoms with Crippen LogP contribution in [0.25, 0.3) is 0 Å². The standard InChI is InChI=1S/C17H18N2O4/c1-11-4-6-13(7-5-11)12(2)18-17(20)14-8-9-16(23-3)15(10-14)19(21)22/h4-10,12H,1-3H3,(H,18,20). The van der Waals surface area contributed by atoms with Crippen LogP contribution >= 0.6 is 0 Å². The molecular formula is C17H18N2O4. The van der Waals surface area contributed by atoms with Crippen LogP contribution in [0.4, 0.5) is 5.69 Å². The molecule has 6 heteroatoms. The lowest BCUT2D eigenvalue weighted by molar-refractivity contribution is -0.385. The fourth-order valence-corrected chi connectivity index (χ4v) is 2.19. The minimum Gasteiger partial charge on any atom is -0.490 e. The third-order valence-electron chi connectivity index (χ3n) is 3.56. The van der Waals surface area contributed by atoms with Crippen molar-refractivity contribution in [2.45, 2.75) is 19.9 Å². The summed E-state index contributed by atoms with van der Waals surface area (Å²) in [6, 6.07) is 11.8. The Balaban J connectivity index is 2.18. The Kier molecular flexibility index (Phi) is 4.95. The van der Waals surface area contributed by atoms with Gasteiger partial charge in [0.2, 0.25) is 0 Å². The third-order valence-corrected chi connectivity index (χ3v) is 3.56. The average molecular weight is 314 g/mol. The average Bonchev–Trinajstić information content (AvgIpc) is 2.54. The van der Waals surface area contributed by atoms with Crippen LogP contribution in [0.2, 0.25) is 0 Å². The Bertz CT molecular complexity index is 726. The molecule has 0 saturated carbocycles. The molecule has 0 radical (unpaired) electrons. The first kappa shape index (κ1) is 16.5. The number of rotatable bonds is 5. The van der Waals surface area contributed by atoms with Gasteiger partial charge in [-0.1, -0.05) is 29.8 Å². The molecule has 6 nitrogen and oxygen atoms in total. The van der Waals surface area contributed by atoms with Crippen molar-refractivity contribution >= 4 is 11.6 Å². The molecular weight excluding hydrogens is 296 g/mol. The van der Waals surface area contributed by atoms with E-state index in [4.69, 9.17) is 4.74 Å². The van der Waals surface area contributed by atoms with Crippen molar-refractivity contribution in [1.82, 2.24) is 5.32 Å². The highest BCUT2D eigenvalue weighted by Crippen LogP contribution is 2.27. The Hall–Kier alpha value is -2.89. The minimum atomic E-state index is -0.570. The Morgan fingerprint density at radius 1 is 1.22 bits per heavy atom. The smallest absolute Gasteiger partial charge is 0.311 e. The predicted molar refractivity (Wildman–Crippen MR) is 86.7 cm³/mol. The molecule has 1 unspecified atom stereocenters. The van der Waals surface area contributed by atoms with Gasteiger partial charge in [-0.2, -0.15) is 0 Å². The SMILES string of the molecule is COc1ccc(C(=O)NC(C)c2ccc(C)cc2)cc1[N+](=O)[O-]. The van der Waals surface area contributed by atoms with E-state index >= 15 is 0 Å². The molecule has 0 spiro atoms. The lowest BCUT2D eigenvalue weighted by Gasteiger charge is -2.15. The molecule has 120 valence electrons. The number of aryl methyl sites for hydroxylation is 1. The molecule has 2 aromatic rings. The van der Waals surface area contributed by atoms with Crippen LogP contribution in [0.3, 0.4) is 0 Å². The predicted octanol–water partition coefficient (Wildman–Crippen LogP) is 3.40. The van der Waals surface area contributed by atoms with Gasteiger partial charge in [0.1, 0.15) is 0 Å². The first-order chi connectivity index (χ1) is 10.9. The van der Waals surface area contributed by atoms with E-state index in [0.717, 1.165) is 11.1 Å². The van der Waals surface area contributed by atoms with Crippen molar-refractivity contribution in [3.05, 3.63) is 69.3 Å². The number of methoxy groups -OCH3 is 1. The highest BCUT2D eigenvalue weighted by atomic mass is 16.6. The zero-order valence-corrected chi connectivity index (χ0v) is 13.2. The normalized spacial score (nSPS) is 11.6. The van der Waals surface area contributed by atoms with Gasteiger partial charge in [-0.25, -0.2) is 0 Å². The van der Waals surface area contributed by atoms with E-state index in [1.54, 1.807) is 0 Å². The molecule has 0 heterocycles. The summed E-state index contributed by atoms with van der Waals surface area (Å²) in [4.78, 5) is 22.7. The number of amides is 1. The summed E-state index contributed by atoms with van der Waals surface area (Å²) in [5.41, 5.74) is 2.09. The van der Waals surface area contributed by atoms with Gasteiger partial charge < -0.3 is 10.1 Å². The molecule has 1 amide bonds. The van der Waals surface area contributed by atoms with E-state index < -0.39 is 4.92 Å². The summed E-state index contributed by atoms with van der Waals surface area (Å²) in [5.74, 6) is -0.248. The second-order valence-electron chi connectivity index (χ2n) is 5.25. The second-order valence-corrected chi connectivity index (χ2v) is 5.25. The fourth-order valence-electron chi connectivity index (χ4n) is 2.19. The maximum atomic E-state index is 12.3. The number of nitro groups is 1. The number of nitro benzene ring substituents is 1. The van der Waals surface area contributed by atoms with E-state index in [-0.39, 0.29) is 28.9 Å². The summed E-state index contributed by atoms with van der Waals surface area (Å²) in [6.45, 7) is 3.85. The molecule has 0 aliphatic rings. The van der Waals surface area contributed by atoms with Gasteiger partial charge in [0.05, 0.1) is 18.1 Å². The largest absolute Gasteiger partial charge is 0.490 e. The van der Waals surface area contributed by atoms with Crippen LogP contribution in [0, 0.1) is 17.0 Å². The molecule has 0 aromatic heterocycles. The van der Waals surface area contributed by atoms with Crippen LogP contribution in [-0.4, -0.2) is 17.9 Å². The molecule has 2 aromatic carbocycles. The monoisotopic (exact) mass is 314 g/mol. The molecule has 0 aliphatic heterocycles. The van der Waals surface area contributed by atoms with Crippen LogP contribution in [-0.2, 0) is 0 Å². The maximum Gasteiger partial charge on any atom is 0.311 e. The number of ether oxygens (including phenoxy) is 1. The first-order valence-corrected chi connectivity index (χ1v) is 7.12. The molecule has 0 fully saturated rings. The first-order valence-electron chi connectivity index (χ1n) is 7.12. The van der Waals surface area contributed by atoms with Gasteiger partial charge in [0, 0.05) is 11.6 Å². The van der Waals surface area contributed by atoms with Crippen LogP contribution < -0.4 is 10.1 Å². The Labute approximate surface area is 134 Å². The van der Waals surface area contributed by atoms with E-state index in [0.29, 0.717) is 0 Å². The Morgan fingerprint density at radius 3 is 2.43 bits per heavy atom. The number of hydrogen-bond donors (Lipinski definition) is 1. The molecule has 0 bridgehead atoms. The van der Waals surface area contributed by atoms with E-state index in [9.17, 15) is 14.9 Å². The van der Waals surface area contributed by atoms with Gasteiger partial charge in [0.25, 0.3) is 5.91 Å². The van der Waals surface area contributed by atoms with Crippen LogP contribution in [0.15, 0.2) is 42.5 Å². The number of nitrogens with one attached hydrogen (secondary N) is 1. The summed E-state index contributed by atoms with van der Waals surface area (Å²) in [7, 11) is 1.35. The molecule has 1 atom stereocenters. The minimum absolute atomic E-state index is 0.123. The van der Waals surface area contributed by atoms with Crippen molar-refractivity contribution in [3.8, 4) is 5.75 Å². The number of benzene rings is 2. The van der Waals surface area contributed by atoms with Crippen molar-refractivity contribution in [3.63, 3.8) is 0 Å². The highest BCUT2D eigenvalue weighted by molar-refractivity contribution is 5.95. The number of carbonyl (C=O) groups is 1. The van der Waals surface area contributed by atoms with Crippen molar-refractivity contribution in [2.24, 2.45) is 0 Å². The van der Waals surface area contributed by atoms with E-state index in [1.807, 2.05) is 38.1 Å². The zero-order chi connectivity index (χ0) is 17.0. The summed E-state index contributed by atoms with van der Waals surface area (Å²) >= 11 is 0. The van der Waals surface area contributed by atoms with Crippen molar-refractivity contribution in [1.29, 1.82) is 0 Å².